The standard InChI is InChI=1S/C32H45BrN2O7SSi/c1-19(2)44(20(3)4,21(5)6)42-27(36)18-34-30(37)28-22(7)29(33)43-31(28)35(32(34)38)17-26(41-23-13-15-40-16-14-23)24-11-9-10-12-25(24)39-8/h9-12,19-21,23,26H,13-18H2,1-8H3/t26-/m0/s1. The molecule has 3 heterocycles. The highest BCUT2D eigenvalue weighted by atomic mass is 79.9. The van der Waals surface area contributed by atoms with Gasteiger partial charge in [-0.05, 0) is 63.9 Å². The number of benzene rings is 1. The molecule has 2 aromatic heterocycles. The molecule has 1 saturated heterocycles. The maximum Gasteiger partial charge on any atom is 0.332 e. The van der Waals surface area contributed by atoms with Crippen LogP contribution in [0.3, 0.4) is 0 Å². The van der Waals surface area contributed by atoms with Gasteiger partial charge in [-0.25, -0.2) is 9.36 Å². The lowest BCUT2D eigenvalue weighted by Crippen LogP contribution is -2.51. The number of aromatic nitrogens is 2. The molecule has 0 bridgehead atoms. The largest absolute Gasteiger partial charge is 0.517 e. The van der Waals surface area contributed by atoms with E-state index in [-0.39, 0.29) is 29.3 Å². The van der Waals surface area contributed by atoms with Gasteiger partial charge >= 0.3 is 11.7 Å². The van der Waals surface area contributed by atoms with Gasteiger partial charge in [-0.15, -0.1) is 11.3 Å². The molecule has 3 aromatic rings. The van der Waals surface area contributed by atoms with Crippen LogP contribution in [0.4, 0.5) is 0 Å². The molecule has 1 fully saturated rings. The second kappa shape index (κ2) is 14.4. The summed E-state index contributed by atoms with van der Waals surface area (Å²) in [5.41, 5.74) is 0.953. The molecule has 1 aliphatic heterocycles. The summed E-state index contributed by atoms with van der Waals surface area (Å²) in [5, 5.41) is 0.402. The molecule has 44 heavy (non-hydrogen) atoms. The maximum absolute atomic E-state index is 14.3. The number of fused-ring (bicyclic) bond motifs is 1. The number of thiophene rings is 1. The number of carbonyl (C=O) groups is 1. The van der Waals surface area contributed by atoms with Crippen molar-refractivity contribution in [2.75, 3.05) is 20.3 Å². The van der Waals surface area contributed by atoms with E-state index in [1.807, 2.05) is 31.2 Å². The monoisotopic (exact) mass is 708 g/mol. The van der Waals surface area contributed by atoms with E-state index in [2.05, 4.69) is 57.5 Å². The Hall–Kier alpha value is -2.25. The summed E-state index contributed by atoms with van der Waals surface area (Å²) < 4.78 is 27.6. The lowest BCUT2D eigenvalue weighted by molar-refractivity contribution is -0.136. The summed E-state index contributed by atoms with van der Waals surface area (Å²) >= 11 is 4.91. The van der Waals surface area contributed by atoms with Gasteiger partial charge < -0.3 is 18.6 Å². The molecule has 1 atom stereocenters. The lowest BCUT2D eigenvalue weighted by Gasteiger charge is -2.41. The van der Waals surface area contributed by atoms with Crippen molar-refractivity contribution >= 4 is 51.8 Å². The Bertz CT molecular complexity index is 1570. The van der Waals surface area contributed by atoms with Crippen LogP contribution in [0, 0.1) is 6.92 Å². The Morgan fingerprint density at radius 3 is 2.25 bits per heavy atom. The molecule has 4 rings (SSSR count). The number of halogens is 1. The van der Waals surface area contributed by atoms with Crippen LogP contribution in [0.25, 0.3) is 10.2 Å². The van der Waals surface area contributed by atoms with Crippen LogP contribution in [-0.4, -0.2) is 49.8 Å². The van der Waals surface area contributed by atoms with Crippen molar-refractivity contribution in [1.82, 2.24) is 9.13 Å². The summed E-state index contributed by atoms with van der Waals surface area (Å²) in [4.78, 5) is 42.3. The number of para-hydroxylation sites is 1. The molecule has 1 aromatic carbocycles. The molecule has 0 aliphatic carbocycles. The zero-order valence-electron chi connectivity index (χ0n) is 27.0. The van der Waals surface area contributed by atoms with E-state index in [1.165, 1.54) is 11.3 Å². The SMILES string of the molecule is COc1ccccc1[C@H](Cn1c(=O)n(CC(=O)O[Si](C(C)C)(C(C)C)C(C)C)c(=O)c2c(C)c(Br)sc21)OC1CCOCC1. The van der Waals surface area contributed by atoms with Crippen LogP contribution in [0.2, 0.25) is 16.6 Å². The van der Waals surface area contributed by atoms with E-state index in [9.17, 15) is 14.4 Å². The van der Waals surface area contributed by atoms with Gasteiger partial charge in [0.2, 0.25) is 0 Å². The highest BCUT2D eigenvalue weighted by molar-refractivity contribution is 9.11. The smallest absolute Gasteiger partial charge is 0.332 e. The minimum absolute atomic E-state index is 0.0660. The summed E-state index contributed by atoms with van der Waals surface area (Å²) in [5.74, 6) is 0.0937. The van der Waals surface area contributed by atoms with E-state index >= 15 is 0 Å². The lowest BCUT2D eigenvalue weighted by atomic mass is 10.1. The molecule has 1 aliphatic rings. The van der Waals surface area contributed by atoms with Gasteiger partial charge in [0.05, 0.1) is 28.9 Å². The normalized spacial score (nSPS) is 15.5. The van der Waals surface area contributed by atoms with Crippen molar-refractivity contribution in [2.24, 2.45) is 0 Å². The Labute approximate surface area is 272 Å². The fraction of sp³-hybridized carbons (Fsp3) is 0.594. The van der Waals surface area contributed by atoms with E-state index in [0.29, 0.717) is 29.2 Å². The number of hydrogen-bond donors (Lipinski definition) is 0. The maximum atomic E-state index is 14.3. The van der Waals surface area contributed by atoms with Crippen LogP contribution in [0.1, 0.15) is 71.6 Å². The molecule has 0 amide bonds. The summed E-state index contributed by atoms with van der Waals surface area (Å²) in [7, 11) is -0.976. The van der Waals surface area contributed by atoms with Crippen molar-refractivity contribution in [3.8, 4) is 5.75 Å². The third kappa shape index (κ3) is 6.79. The Morgan fingerprint density at radius 2 is 1.66 bits per heavy atom. The number of methoxy groups -OCH3 is 1. The quantitative estimate of drug-likeness (QED) is 0.188. The van der Waals surface area contributed by atoms with Gasteiger partial charge in [0.15, 0.2) is 0 Å². The van der Waals surface area contributed by atoms with Crippen LogP contribution < -0.4 is 16.0 Å². The number of rotatable bonds is 12. The highest BCUT2D eigenvalue weighted by Crippen LogP contribution is 2.42. The third-order valence-electron chi connectivity index (χ3n) is 8.88. The van der Waals surface area contributed by atoms with E-state index in [0.717, 1.165) is 32.3 Å². The first-order valence-corrected chi connectivity index (χ1v) is 19.1. The number of ether oxygens (including phenoxy) is 3. The third-order valence-corrected chi connectivity index (χ3v) is 17.1. The molecule has 12 heteroatoms. The van der Waals surface area contributed by atoms with E-state index in [1.54, 1.807) is 11.7 Å². The van der Waals surface area contributed by atoms with Crippen molar-refractivity contribution in [1.29, 1.82) is 0 Å². The molecule has 242 valence electrons. The zero-order valence-corrected chi connectivity index (χ0v) is 30.4. The minimum atomic E-state index is -2.58. The van der Waals surface area contributed by atoms with Crippen LogP contribution in [0.15, 0.2) is 37.6 Å². The Kier molecular flexibility index (Phi) is 11.4. The predicted octanol–water partition coefficient (Wildman–Crippen LogP) is 6.96. The Morgan fingerprint density at radius 1 is 1.05 bits per heavy atom. The van der Waals surface area contributed by atoms with Crippen LogP contribution in [-0.2, 0) is 31.8 Å². The molecule has 9 nitrogen and oxygen atoms in total. The average molecular weight is 710 g/mol. The zero-order chi connectivity index (χ0) is 32.3. The van der Waals surface area contributed by atoms with Crippen molar-refractivity contribution in [2.45, 2.75) is 103 Å². The fourth-order valence-electron chi connectivity index (χ4n) is 6.74. The molecular weight excluding hydrogens is 664 g/mol. The van der Waals surface area contributed by atoms with Gasteiger partial charge in [-0.1, -0.05) is 59.7 Å². The second-order valence-corrected chi connectivity index (χ2v) is 20.1. The number of nitrogens with zero attached hydrogens (tertiary/aromatic N) is 2. The summed E-state index contributed by atoms with van der Waals surface area (Å²) in [6, 6.07) is 7.60. The first kappa shape index (κ1) is 34.6. The van der Waals surface area contributed by atoms with Crippen molar-refractivity contribution in [3.05, 3.63) is 60.0 Å². The fourth-order valence-corrected chi connectivity index (χ4v) is 13.6. The van der Waals surface area contributed by atoms with Gasteiger partial charge in [0, 0.05) is 18.8 Å². The Balaban J connectivity index is 1.83. The number of hydrogen-bond acceptors (Lipinski definition) is 8. The van der Waals surface area contributed by atoms with Crippen molar-refractivity contribution < 1.29 is 23.4 Å². The first-order chi connectivity index (χ1) is 20.8. The minimum Gasteiger partial charge on any atom is -0.517 e. The van der Waals surface area contributed by atoms with Crippen LogP contribution in [0.5, 0.6) is 5.75 Å². The topological polar surface area (TPSA) is 98.0 Å². The summed E-state index contributed by atoms with van der Waals surface area (Å²) in [6.07, 6.45) is 0.844. The average Bonchev–Trinajstić information content (AvgIpc) is 3.29. The molecule has 0 unspecified atom stereocenters. The van der Waals surface area contributed by atoms with Crippen molar-refractivity contribution in [3.63, 3.8) is 0 Å². The van der Waals surface area contributed by atoms with E-state index in [4.69, 9.17) is 18.6 Å². The molecule has 0 N–H and O–H groups in total. The highest BCUT2D eigenvalue weighted by Gasteiger charge is 2.48. The van der Waals surface area contributed by atoms with Crippen LogP contribution >= 0.6 is 27.3 Å². The van der Waals surface area contributed by atoms with Gasteiger partial charge in [-0.2, -0.15) is 0 Å². The van der Waals surface area contributed by atoms with Gasteiger partial charge in [-0.3, -0.25) is 14.2 Å². The number of aryl methyl sites for hydroxylation is 1. The van der Waals surface area contributed by atoms with Gasteiger partial charge in [0.1, 0.15) is 23.2 Å². The molecular formula is C32H45BrN2O7SSi. The first-order valence-electron chi connectivity index (χ1n) is 15.3. The predicted molar refractivity (Wildman–Crippen MR) is 181 cm³/mol. The van der Waals surface area contributed by atoms with E-state index < -0.39 is 38.2 Å². The molecule has 0 saturated carbocycles. The second-order valence-electron chi connectivity index (χ2n) is 12.4. The molecule has 0 spiro atoms. The molecule has 0 radical (unpaired) electrons. The summed E-state index contributed by atoms with van der Waals surface area (Å²) in [6.45, 7) is 15.3. The van der Waals surface area contributed by atoms with Gasteiger partial charge in [0.25, 0.3) is 13.9 Å². The number of carbonyl (C=O) groups excluding carboxylic acids is 1.